The van der Waals surface area contributed by atoms with Crippen LogP contribution in [-0.4, -0.2) is 52.8 Å². The largest absolute Gasteiger partial charge is 0.341 e. The number of carbonyl (C=O) groups excluding carboxylic acids is 2. The summed E-state index contributed by atoms with van der Waals surface area (Å²) in [4.78, 5) is 34.3. The summed E-state index contributed by atoms with van der Waals surface area (Å²) >= 11 is 0. The molecule has 3 aromatic carbocycles. The third-order valence-electron chi connectivity index (χ3n) is 6.68. The molecule has 0 unspecified atom stereocenters. The van der Waals surface area contributed by atoms with Crippen molar-refractivity contribution in [2.75, 3.05) is 26.2 Å². The summed E-state index contributed by atoms with van der Waals surface area (Å²) in [6.07, 6.45) is 3.85. The number of nitrogens with zero attached hydrogens (tertiary/aromatic N) is 3. The minimum atomic E-state index is 0.0196. The van der Waals surface area contributed by atoms with Crippen LogP contribution in [-0.2, 0) is 11.2 Å². The number of rotatable bonds is 5. The maximum atomic E-state index is 13.2. The Labute approximate surface area is 206 Å². The fourth-order valence-corrected chi connectivity index (χ4v) is 4.74. The highest BCUT2D eigenvalue weighted by atomic mass is 16.2. The van der Waals surface area contributed by atoms with Crippen LogP contribution in [0.25, 0.3) is 22.0 Å². The number of aromatic nitrogens is 1. The van der Waals surface area contributed by atoms with Crippen LogP contribution in [0.4, 0.5) is 0 Å². The van der Waals surface area contributed by atoms with Gasteiger partial charge in [-0.05, 0) is 42.2 Å². The molecule has 5 rings (SSSR count). The molecule has 0 spiro atoms. The zero-order valence-electron chi connectivity index (χ0n) is 19.8. The van der Waals surface area contributed by atoms with Gasteiger partial charge in [-0.1, -0.05) is 66.7 Å². The lowest BCUT2D eigenvalue weighted by Gasteiger charge is -2.22. The summed E-state index contributed by atoms with van der Waals surface area (Å²) in [5.41, 5.74) is 4.90. The SMILES string of the molecule is O=C(CCc1ccccc1)N1CCCN(C(=O)c2ccc(-c3cccc4cccnc34)cc2)CC1. The van der Waals surface area contributed by atoms with E-state index in [1.807, 2.05) is 64.4 Å². The van der Waals surface area contributed by atoms with Crippen LogP contribution >= 0.6 is 0 Å². The first-order chi connectivity index (χ1) is 17.2. The molecule has 5 nitrogen and oxygen atoms in total. The second-order valence-corrected chi connectivity index (χ2v) is 8.97. The van der Waals surface area contributed by atoms with Crippen LogP contribution in [0, 0.1) is 0 Å². The van der Waals surface area contributed by atoms with Gasteiger partial charge in [0.25, 0.3) is 5.91 Å². The maximum Gasteiger partial charge on any atom is 0.253 e. The number of fused-ring (bicyclic) bond motifs is 1. The average molecular weight is 464 g/mol. The van der Waals surface area contributed by atoms with Crippen LogP contribution in [0.2, 0.25) is 0 Å². The third-order valence-corrected chi connectivity index (χ3v) is 6.68. The summed E-state index contributed by atoms with van der Waals surface area (Å²) < 4.78 is 0. The number of para-hydroxylation sites is 1. The highest BCUT2D eigenvalue weighted by Crippen LogP contribution is 2.27. The monoisotopic (exact) mass is 463 g/mol. The standard InChI is InChI=1S/C30H29N3O2/c34-28(17-12-23-7-2-1-3-8-23)32-19-6-20-33(22-21-32)30(35)26-15-13-24(14-16-26)27-11-4-9-25-10-5-18-31-29(25)27/h1-5,7-11,13-16,18H,6,12,17,19-22H2. The second-order valence-electron chi connectivity index (χ2n) is 8.97. The average Bonchev–Trinajstić information content (AvgIpc) is 3.18. The fourth-order valence-electron chi connectivity index (χ4n) is 4.74. The van der Waals surface area contributed by atoms with Crippen molar-refractivity contribution in [1.82, 2.24) is 14.8 Å². The van der Waals surface area contributed by atoms with Gasteiger partial charge in [-0.3, -0.25) is 14.6 Å². The lowest BCUT2D eigenvalue weighted by molar-refractivity contribution is -0.131. The molecule has 35 heavy (non-hydrogen) atoms. The Bertz CT molecular complexity index is 1310. The molecular formula is C30H29N3O2. The van der Waals surface area contributed by atoms with E-state index < -0.39 is 0 Å². The van der Waals surface area contributed by atoms with Gasteiger partial charge in [-0.15, -0.1) is 0 Å². The molecule has 4 aromatic rings. The van der Waals surface area contributed by atoms with E-state index in [-0.39, 0.29) is 11.8 Å². The van der Waals surface area contributed by atoms with Gasteiger partial charge >= 0.3 is 0 Å². The molecule has 2 amide bonds. The van der Waals surface area contributed by atoms with Gasteiger partial charge in [0.2, 0.25) is 5.91 Å². The Kier molecular flexibility index (Phi) is 6.85. The minimum absolute atomic E-state index is 0.0196. The minimum Gasteiger partial charge on any atom is -0.341 e. The molecule has 0 aliphatic carbocycles. The van der Waals surface area contributed by atoms with Crippen molar-refractivity contribution in [1.29, 1.82) is 0 Å². The predicted molar refractivity (Wildman–Crippen MR) is 139 cm³/mol. The van der Waals surface area contributed by atoms with E-state index in [9.17, 15) is 9.59 Å². The number of carbonyl (C=O) groups is 2. The van der Waals surface area contributed by atoms with Gasteiger partial charge in [0.05, 0.1) is 5.52 Å². The van der Waals surface area contributed by atoms with Crippen LogP contribution in [0.1, 0.15) is 28.8 Å². The van der Waals surface area contributed by atoms with E-state index in [2.05, 4.69) is 35.3 Å². The lowest BCUT2D eigenvalue weighted by Crippen LogP contribution is -2.37. The first-order valence-electron chi connectivity index (χ1n) is 12.2. The normalized spacial score (nSPS) is 14.1. The number of aryl methyl sites for hydroxylation is 1. The summed E-state index contributed by atoms with van der Waals surface area (Å²) in [6.45, 7) is 2.50. The number of amides is 2. The molecule has 5 heteroatoms. The number of benzene rings is 3. The molecule has 0 bridgehead atoms. The van der Waals surface area contributed by atoms with Crippen molar-refractivity contribution in [2.45, 2.75) is 19.3 Å². The zero-order chi connectivity index (χ0) is 24.0. The van der Waals surface area contributed by atoms with E-state index in [4.69, 9.17) is 0 Å². The van der Waals surface area contributed by atoms with Gasteiger partial charge in [0.1, 0.15) is 0 Å². The Morgan fingerprint density at radius 2 is 1.49 bits per heavy atom. The molecule has 176 valence electrons. The first-order valence-corrected chi connectivity index (χ1v) is 12.2. The molecule has 0 saturated carbocycles. The van der Waals surface area contributed by atoms with E-state index in [0.717, 1.165) is 34.9 Å². The topological polar surface area (TPSA) is 53.5 Å². The molecule has 0 radical (unpaired) electrons. The molecule has 0 N–H and O–H groups in total. The van der Waals surface area contributed by atoms with E-state index in [1.54, 1.807) is 6.20 Å². The van der Waals surface area contributed by atoms with Gasteiger partial charge in [-0.25, -0.2) is 0 Å². The molecule has 1 saturated heterocycles. The van der Waals surface area contributed by atoms with Gasteiger partial charge in [0, 0.05) is 55.3 Å². The molecule has 1 aliphatic heterocycles. The van der Waals surface area contributed by atoms with Crippen LogP contribution in [0.3, 0.4) is 0 Å². The summed E-state index contributed by atoms with van der Waals surface area (Å²) in [6, 6.07) is 28.0. The molecule has 1 fully saturated rings. The Hall–Kier alpha value is -3.99. The van der Waals surface area contributed by atoms with Gasteiger partial charge < -0.3 is 9.80 Å². The van der Waals surface area contributed by atoms with Crippen LogP contribution < -0.4 is 0 Å². The summed E-state index contributed by atoms with van der Waals surface area (Å²) in [5, 5.41) is 1.09. The highest BCUT2D eigenvalue weighted by molar-refractivity contribution is 5.97. The van der Waals surface area contributed by atoms with Crippen molar-refractivity contribution in [3.63, 3.8) is 0 Å². The van der Waals surface area contributed by atoms with Gasteiger partial charge in [-0.2, -0.15) is 0 Å². The number of hydrogen-bond donors (Lipinski definition) is 0. The Morgan fingerprint density at radius 1 is 0.743 bits per heavy atom. The summed E-state index contributed by atoms with van der Waals surface area (Å²) in [7, 11) is 0. The molecule has 1 aromatic heterocycles. The first kappa shape index (κ1) is 22.8. The van der Waals surface area contributed by atoms with Crippen molar-refractivity contribution in [3.05, 3.63) is 102 Å². The van der Waals surface area contributed by atoms with Crippen molar-refractivity contribution < 1.29 is 9.59 Å². The Morgan fingerprint density at radius 3 is 2.31 bits per heavy atom. The number of hydrogen-bond acceptors (Lipinski definition) is 3. The van der Waals surface area contributed by atoms with E-state index in [0.29, 0.717) is 38.2 Å². The second kappa shape index (κ2) is 10.5. The smallest absolute Gasteiger partial charge is 0.253 e. The lowest BCUT2D eigenvalue weighted by atomic mass is 10.0. The Balaban J connectivity index is 1.21. The summed E-state index contributed by atoms with van der Waals surface area (Å²) in [5.74, 6) is 0.183. The predicted octanol–water partition coefficient (Wildman–Crippen LogP) is 5.21. The fraction of sp³-hybridized carbons (Fsp3) is 0.233. The van der Waals surface area contributed by atoms with Gasteiger partial charge in [0.15, 0.2) is 0 Å². The van der Waals surface area contributed by atoms with Crippen LogP contribution in [0.5, 0.6) is 0 Å². The zero-order valence-corrected chi connectivity index (χ0v) is 19.8. The molecule has 2 heterocycles. The quantitative estimate of drug-likeness (QED) is 0.408. The van der Waals surface area contributed by atoms with Crippen LogP contribution in [0.15, 0.2) is 91.1 Å². The van der Waals surface area contributed by atoms with E-state index in [1.165, 1.54) is 5.56 Å². The van der Waals surface area contributed by atoms with E-state index >= 15 is 0 Å². The molecule has 1 aliphatic rings. The third kappa shape index (κ3) is 5.24. The number of pyridine rings is 1. The molecular weight excluding hydrogens is 434 g/mol. The molecule has 0 atom stereocenters. The van der Waals surface area contributed by atoms with Crippen molar-refractivity contribution in [3.8, 4) is 11.1 Å². The highest BCUT2D eigenvalue weighted by Gasteiger charge is 2.23. The maximum absolute atomic E-state index is 13.2. The van der Waals surface area contributed by atoms with Crippen molar-refractivity contribution in [2.24, 2.45) is 0 Å². The van der Waals surface area contributed by atoms with Crippen molar-refractivity contribution >= 4 is 22.7 Å².